The first-order chi connectivity index (χ1) is 25.3. The first-order valence-electron chi connectivity index (χ1n) is 17.1. The number of fused-ring (bicyclic) bond motifs is 6. The van der Waals surface area contributed by atoms with Crippen LogP contribution in [0.1, 0.15) is 0 Å². The van der Waals surface area contributed by atoms with Crippen LogP contribution < -0.4 is 0 Å². The predicted molar refractivity (Wildman–Crippen MR) is 215 cm³/mol. The molecule has 0 amide bonds. The van der Waals surface area contributed by atoms with E-state index in [1.165, 1.54) is 58.4 Å². The average molecular weight is 668 g/mol. The molecule has 238 valence electrons. The summed E-state index contributed by atoms with van der Waals surface area (Å²) >= 11 is 1.88. The van der Waals surface area contributed by atoms with Gasteiger partial charge in [0, 0.05) is 42.4 Å². The minimum atomic E-state index is 0.646. The van der Waals surface area contributed by atoms with Crippen LogP contribution in [0.25, 0.3) is 98.1 Å². The van der Waals surface area contributed by atoms with Crippen molar-refractivity contribution in [3.63, 3.8) is 0 Å². The van der Waals surface area contributed by atoms with Crippen LogP contribution >= 0.6 is 11.3 Å². The molecule has 0 radical (unpaired) electrons. The Morgan fingerprint density at radius 1 is 0.294 bits per heavy atom. The second-order valence-electron chi connectivity index (χ2n) is 12.7. The largest absolute Gasteiger partial charge is 0.208 e. The van der Waals surface area contributed by atoms with Crippen molar-refractivity contribution in [1.29, 1.82) is 0 Å². The van der Waals surface area contributed by atoms with Crippen LogP contribution in [0.3, 0.4) is 0 Å². The quantitative estimate of drug-likeness (QED) is 0.171. The van der Waals surface area contributed by atoms with Gasteiger partial charge in [0.1, 0.15) is 0 Å². The van der Waals surface area contributed by atoms with Crippen LogP contribution in [-0.2, 0) is 0 Å². The summed E-state index contributed by atoms with van der Waals surface area (Å²) in [4.78, 5) is 14.9. The summed E-state index contributed by atoms with van der Waals surface area (Å²) in [7, 11) is 0. The van der Waals surface area contributed by atoms with E-state index in [1.807, 2.05) is 72.0 Å². The second kappa shape index (κ2) is 12.1. The first kappa shape index (κ1) is 29.4. The molecule has 4 heteroatoms. The van der Waals surface area contributed by atoms with E-state index in [0.29, 0.717) is 17.5 Å². The van der Waals surface area contributed by atoms with E-state index in [-0.39, 0.29) is 0 Å². The Labute approximate surface area is 299 Å². The molecule has 0 saturated carbocycles. The molecule has 0 unspecified atom stereocenters. The minimum Gasteiger partial charge on any atom is -0.208 e. The van der Waals surface area contributed by atoms with Crippen molar-refractivity contribution in [2.45, 2.75) is 0 Å². The summed E-state index contributed by atoms with van der Waals surface area (Å²) < 4.78 is 2.61. The topological polar surface area (TPSA) is 38.7 Å². The molecule has 0 aliphatic rings. The van der Waals surface area contributed by atoms with Gasteiger partial charge in [-0.2, -0.15) is 0 Å². The lowest BCUT2D eigenvalue weighted by Crippen LogP contribution is -2.00. The van der Waals surface area contributed by atoms with Crippen LogP contribution in [0.15, 0.2) is 176 Å². The van der Waals surface area contributed by atoms with Crippen LogP contribution in [0.4, 0.5) is 0 Å². The fraction of sp³-hybridized carbons (Fsp3) is 0. The summed E-state index contributed by atoms with van der Waals surface area (Å²) in [6, 6.07) is 62.2. The fourth-order valence-electron chi connectivity index (χ4n) is 7.39. The van der Waals surface area contributed by atoms with E-state index in [1.54, 1.807) is 0 Å². The molecule has 10 aromatic rings. The first-order valence-corrected chi connectivity index (χ1v) is 17.9. The number of nitrogens with zero attached hydrogens (tertiary/aromatic N) is 3. The normalized spacial score (nSPS) is 11.5. The van der Waals surface area contributed by atoms with Crippen LogP contribution in [-0.4, -0.2) is 15.0 Å². The number of thiophene rings is 1. The molecule has 0 bridgehead atoms. The van der Waals surface area contributed by atoms with Gasteiger partial charge < -0.3 is 0 Å². The Morgan fingerprint density at radius 3 is 1.31 bits per heavy atom. The molecule has 0 spiro atoms. The monoisotopic (exact) mass is 667 g/mol. The summed E-state index contributed by atoms with van der Waals surface area (Å²) in [6.07, 6.45) is 0. The highest BCUT2D eigenvalue weighted by atomic mass is 32.1. The van der Waals surface area contributed by atoms with Crippen LogP contribution in [0.2, 0.25) is 0 Å². The number of aromatic nitrogens is 3. The summed E-state index contributed by atoms with van der Waals surface area (Å²) in [6.45, 7) is 0. The lowest BCUT2D eigenvalue weighted by atomic mass is 9.84. The summed E-state index contributed by atoms with van der Waals surface area (Å²) in [5.74, 6) is 1.96. The number of hydrogen-bond donors (Lipinski definition) is 0. The van der Waals surface area contributed by atoms with Gasteiger partial charge in [0.25, 0.3) is 0 Å². The second-order valence-corrected chi connectivity index (χ2v) is 13.8. The molecule has 0 atom stereocenters. The Hall–Kier alpha value is -6.49. The van der Waals surface area contributed by atoms with Gasteiger partial charge in [0.15, 0.2) is 17.5 Å². The van der Waals surface area contributed by atoms with Crippen molar-refractivity contribution >= 4 is 53.1 Å². The Bertz CT molecular complexity index is 2840. The Morgan fingerprint density at radius 2 is 0.725 bits per heavy atom. The van der Waals surface area contributed by atoms with Gasteiger partial charge >= 0.3 is 0 Å². The number of hydrogen-bond acceptors (Lipinski definition) is 4. The van der Waals surface area contributed by atoms with Crippen molar-refractivity contribution in [2.75, 3.05) is 0 Å². The summed E-state index contributed by atoms with van der Waals surface area (Å²) in [5.41, 5.74) is 7.74. The van der Waals surface area contributed by atoms with Crippen molar-refractivity contribution < 1.29 is 0 Å². The molecule has 0 aliphatic heterocycles. The zero-order chi connectivity index (χ0) is 33.7. The smallest absolute Gasteiger partial charge is 0.164 e. The molecule has 10 rings (SSSR count). The van der Waals surface area contributed by atoms with Gasteiger partial charge in [-0.25, -0.2) is 15.0 Å². The van der Waals surface area contributed by atoms with Crippen LogP contribution in [0, 0.1) is 0 Å². The van der Waals surface area contributed by atoms with Crippen molar-refractivity contribution in [3.05, 3.63) is 176 Å². The molecular weight excluding hydrogens is 639 g/mol. The Balaban J connectivity index is 1.20. The zero-order valence-corrected chi connectivity index (χ0v) is 28.3. The van der Waals surface area contributed by atoms with Crippen molar-refractivity contribution in [2.24, 2.45) is 0 Å². The van der Waals surface area contributed by atoms with Gasteiger partial charge in [-0.05, 0) is 44.3 Å². The highest BCUT2D eigenvalue weighted by molar-refractivity contribution is 7.26. The standard InChI is InChI=1S/C47H29N3S/c1-3-14-31(15-4-1)45-48-46(32-16-5-2-6-17-32)50-47(49-45)33-28-26-30(27-29-33)42-37-21-9-7-18-34(37)35-19-8-10-22-38(35)43(42)40-24-13-23-39-36-20-11-12-25-41(36)51-44(39)40/h1-29H. The molecule has 2 heterocycles. The molecule has 3 nitrogen and oxygen atoms in total. The third kappa shape index (κ3) is 5.00. The number of rotatable bonds is 5. The molecule has 8 aromatic carbocycles. The maximum absolute atomic E-state index is 4.99. The Kier molecular flexibility index (Phi) is 7.00. The van der Waals surface area contributed by atoms with E-state index in [2.05, 4.69) is 115 Å². The van der Waals surface area contributed by atoms with Gasteiger partial charge in [-0.1, -0.05) is 170 Å². The van der Waals surface area contributed by atoms with Gasteiger partial charge in [0.05, 0.1) is 0 Å². The molecule has 0 N–H and O–H groups in total. The lowest BCUT2D eigenvalue weighted by molar-refractivity contribution is 1.07. The van der Waals surface area contributed by atoms with E-state index in [9.17, 15) is 0 Å². The van der Waals surface area contributed by atoms with E-state index >= 15 is 0 Å². The maximum Gasteiger partial charge on any atom is 0.164 e. The molecular formula is C47H29N3S. The predicted octanol–water partition coefficient (Wildman–Crippen LogP) is 12.9. The van der Waals surface area contributed by atoms with Crippen LogP contribution in [0.5, 0.6) is 0 Å². The summed E-state index contributed by atoms with van der Waals surface area (Å²) in [5, 5.41) is 7.58. The van der Waals surface area contributed by atoms with Gasteiger partial charge in [0.2, 0.25) is 0 Å². The molecule has 51 heavy (non-hydrogen) atoms. The number of benzene rings is 8. The third-order valence-corrected chi connectivity index (χ3v) is 11.0. The highest BCUT2D eigenvalue weighted by Gasteiger charge is 2.21. The lowest BCUT2D eigenvalue weighted by Gasteiger charge is -2.19. The van der Waals surface area contributed by atoms with Gasteiger partial charge in [-0.15, -0.1) is 11.3 Å². The van der Waals surface area contributed by atoms with Gasteiger partial charge in [-0.3, -0.25) is 0 Å². The van der Waals surface area contributed by atoms with E-state index in [0.717, 1.165) is 22.3 Å². The fourth-order valence-corrected chi connectivity index (χ4v) is 8.61. The van der Waals surface area contributed by atoms with E-state index < -0.39 is 0 Å². The minimum absolute atomic E-state index is 0.646. The molecule has 0 fully saturated rings. The van der Waals surface area contributed by atoms with E-state index in [4.69, 9.17) is 15.0 Å². The van der Waals surface area contributed by atoms with Crippen molar-refractivity contribution in [3.8, 4) is 56.4 Å². The van der Waals surface area contributed by atoms with Crippen molar-refractivity contribution in [1.82, 2.24) is 15.0 Å². The highest BCUT2D eigenvalue weighted by Crippen LogP contribution is 2.48. The molecule has 0 aliphatic carbocycles. The SMILES string of the molecule is c1ccc(-c2nc(-c3ccccc3)nc(-c3ccc(-c4c(-c5cccc6c5sc5ccccc56)c5ccccc5c5ccccc45)cc3)n2)cc1. The molecule has 2 aromatic heterocycles. The molecule has 0 saturated heterocycles. The maximum atomic E-state index is 4.99. The average Bonchev–Trinajstić information content (AvgIpc) is 3.60. The third-order valence-electron chi connectivity index (χ3n) is 9.74. The zero-order valence-electron chi connectivity index (χ0n) is 27.5.